The van der Waals surface area contributed by atoms with Crippen LogP contribution in [0.2, 0.25) is 0 Å². The predicted octanol–water partition coefficient (Wildman–Crippen LogP) is 2.40. The molecule has 1 rings (SSSR count). The van der Waals surface area contributed by atoms with Crippen LogP contribution in [0.25, 0.3) is 0 Å². The van der Waals surface area contributed by atoms with Gasteiger partial charge in [0.1, 0.15) is 4.60 Å². The lowest BCUT2D eigenvalue weighted by molar-refractivity contribution is -0.386. The predicted molar refractivity (Wildman–Crippen MR) is 45.2 cm³/mol. The maximum Gasteiger partial charge on any atom is 0.300 e. The Kier molecular flexibility index (Phi) is 2.94. The number of aromatic nitrogens is 1. The summed E-state index contributed by atoms with van der Waals surface area (Å²) in [6, 6.07) is 0.624. The highest BCUT2D eigenvalue weighted by molar-refractivity contribution is 9.10. The average molecular weight is 269 g/mol. The second-order valence-corrected chi connectivity index (χ2v) is 3.01. The minimum atomic E-state index is -3.06. The Morgan fingerprint density at radius 2 is 2.21 bits per heavy atom. The lowest BCUT2D eigenvalue weighted by Gasteiger charge is -2.02. The van der Waals surface area contributed by atoms with E-state index < -0.39 is 28.5 Å². The Labute approximate surface area is 84.7 Å². The van der Waals surface area contributed by atoms with Crippen molar-refractivity contribution in [2.24, 2.45) is 0 Å². The van der Waals surface area contributed by atoms with Crippen molar-refractivity contribution in [3.63, 3.8) is 0 Å². The maximum atomic E-state index is 12.2. The van der Waals surface area contributed by atoms with Crippen LogP contribution in [-0.2, 0) is 0 Å². The zero-order chi connectivity index (χ0) is 10.9. The summed E-state index contributed by atoms with van der Waals surface area (Å²) in [6.45, 7) is 0. The summed E-state index contributed by atoms with van der Waals surface area (Å²) < 4.78 is 24.2. The van der Waals surface area contributed by atoms with Crippen LogP contribution < -0.4 is 0 Å². The van der Waals surface area contributed by atoms with E-state index in [4.69, 9.17) is 5.11 Å². The summed E-state index contributed by atoms with van der Waals surface area (Å²) in [7, 11) is 0. The van der Waals surface area contributed by atoms with E-state index in [9.17, 15) is 18.9 Å². The molecular weight excluding hydrogens is 266 g/mol. The SMILES string of the molecule is O=[N+]([O-])c1cc(O)c(Br)nc1C(F)F. The summed E-state index contributed by atoms with van der Waals surface area (Å²) >= 11 is 2.68. The summed E-state index contributed by atoms with van der Waals surface area (Å²) in [6.07, 6.45) is -3.06. The molecule has 0 aromatic carbocycles. The third kappa shape index (κ3) is 1.95. The normalized spacial score (nSPS) is 10.6. The van der Waals surface area contributed by atoms with Crippen LogP contribution in [-0.4, -0.2) is 15.0 Å². The van der Waals surface area contributed by atoms with Crippen molar-refractivity contribution in [3.8, 4) is 5.75 Å². The highest BCUT2D eigenvalue weighted by atomic mass is 79.9. The van der Waals surface area contributed by atoms with Crippen molar-refractivity contribution in [1.82, 2.24) is 4.98 Å². The van der Waals surface area contributed by atoms with E-state index in [0.29, 0.717) is 6.07 Å². The molecule has 1 aromatic rings. The lowest BCUT2D eigenvalue weighted by Crippen LogP contribution is -1.99. The van der Waals surface area contributed by atoms with Gasteiger partial charge in [0.15, 0.2) is 11.4 Å². The fraction of sp³-hybridized carbons (Fsp3) is 0.167. The van der Waals surface area contributed by atoms with Crippen molar-refractivity contribution in [1.29, 1.82) is 0 Å². The number of nitrogens with zero attached hydrogens (tertiary/aromatic N) is 2. The summed E-state index contributed by atoms with van der Waals surface area (Å²) in [4.78, 5) is 12.4. The van der Waals surface area contributed by atoms with Crippen LogP contribution in [0.3, 0.4) is 0 Å². The Hall–Kier alpha value is -1.31. The molecule has 0 aliphatic heterocycles. The summed E-state index contributed by atoms with van der Waals surface area (Å²) in [5.74, 6) is -0.555. The van der Waals surface area contributed by atoms with Crippen molar-refractivity contribution in [3.05, 3.63) is 26.5 Å². The standard InChI is InChI=1S/C6H3BrF2N2O3/c7-5-3(12)1-2(11(13)14)4(10-5)6(8)9/h1,6,12H. The molecule has 5 nitrogen and oxygen atoms in total. The van der Waals surface area contributed by atoms with E-state index in [0.717, 1.165) is 0 Å². The molecule has 0 aliphatic carbocycles. The van der Waals surface area contributed by atoms with Gasteiger partial charge in [0.2, 0.25) is 0 Å². The molecule has 0 unspecified atom stereocenters. The molecule has 0 radical (unpaired) electrons. The highest BCUT2D eigenvalue weighted by Gasteiger charge is 2.25. The first-order chi connectivity index (χ1) is 6.43. The third-order valence-electron chi connectivity index (χ3n) is 1.37. The van der Waals surface area contributed by atoms with Gasteiger partial charge in [-0.25, -0.2) is 13.8 Å². The fourth-order valence-electron chi connectivity index (χ4n) is 0.790. The van der Waals surface area contributed by atoms with E-state index in [2.05, 4.69) is 20.9 Å². The van der Waals surface area contributed by atoms with Crippen LogP contribution in [0.4, 0.5) is 14.5 Å². The van der Waals surface area contributed by atoms with Crippen LogP contribution in [0.15, 0.2) is 10.7 Å². The van der Waals surface area contributed by atoms with Crippen molar-refractivity contribution in [2.45, 2.75) is 6.43 Å². The molecule has 0 bridgehead atoms. The summed E-state index contributed by atoms with van der Waals surface area (Å²) in [5.41, 5.74) is -1.87. The van der Waals surface area contributed by atoms with Crippen LogP contribution in [0.1, 0.15) is 12.1 Å². The monoisotopic (exact) mass is 268 g/mol. The number of nitro groups is 1. The van der Waals surface area contributed by atoms with Crippen molar-refractivity contribution in [2.75, 3.05) is 0 Å². The molecule has 0 spiro atoms. The van der Waals surface area contributed by atoms with Gasteiger partial charge in [0, 0.05) is 0 Å². The van der Waals surface area contributed by atoms with Gasteiger partial charge in [0.05, 0.1) is 11.0 Å². The van der Waals surface area contributed by atoms with E-state index in [-0.39, 0.29) is 4.60 Å². The minimum absolute atomic E-state index is 0.251. The van der Waals surface area contributed by atoms with Gasteiger partial charge in [-0.1, -0.05) is 0 Å². The number of hydrogen-bond donors (Lipinski definition) is 1. The first-order valence-corrected chi connectivity index (χ1v) is 4.04. The van der Waals surface area contributed by atoms with E-state index in [1.807, 2.05) is 0 Å². The Morgan fingerprint density at radius 1 is 1.64 bits per heavy atom. The fourth-order valence-corrected chi connectivity index (χ4v) is 1.10. The topological polar surface area (TPSA) is 76.3 Å². The molecule has 0 amide bonds. The van der Waals surface area contributed by atoms with Gasteiger partial charge in [-0.05, 0) is 15.9 Å². The van der Waals surface area contributed by atoms with Gasteiger partial charge in [0.25, 0.3) is 12.1 Å². The molecule has 0 saturated carbocycles. The van der Waals surface area contributed by atoms with Crippen LogP contribution in [0, 0.1) is 10.1 Å². The number of pyridine rings is 1. The molecule has 8 heteroatoms. The number of halogens is 3. The minimum Gasteiger partial charge on any atom is -0.505 e. The molecule has 1 heterocycles. The van der Waals surface area contributed by atoms with Gasteiger partial charge in [-0.2, -0.15) is 0 Å². The number of alkyl halides is 2. The molecule has 76 valence electrons. The first kappa shape index (κ1) is 10.8. The molecule has 0 aliphatic rings. The van der Waals surface area contributed by atoms with Crippen molar-refractivity contribution >= 4 is 21.6 Å². The molecule has 0 fully saturated rings. The van der Waals surface area contributed by atoms with Gasteiger partial charge in [-0.15, -0.1) is 0 Å². The largest absolute Gasteiger partial charge is 0.505 e. The van der Waals surface area contributed by atoms with Crippen LogP contribution in [0.5, 0.6) is 5.75 Å². The quantitative estimate of drug-likeness (QED) is 0.508. The number of aromatic hydroxyl groups is 1. The molecule has 0 atom stereocenters. The molecule has 1 N–H and O–H groups in total. The molecular formula is C6H3BrF2N2O3. The zero-order valence-electron chi connectivity index (χ0n) is 6.45. The molecule has 1 aromatic heterocycles. The van der Waals surface area contributed by atoms with Gasteiger partial charge >= 0.3 is 0 Å². The molecule has 0 saturated heterocycles. The van der Waals surface area contributed by atoms with E-state index in [1.54, 1.807) is 0 Å². The van der Waals surface area contributed by atoms with Crippen LogP contribution >= 0.6 is 15.9 Å². The summed E-state index contributed by atoms with van der Waals surface area (Å²) in [5, 5.41) is 19.3. The number of rotatable bonds is 2. The van der Waals surface area contributed by atoms with E-state index >= 15 is 0 Å². The van der Waals surface area contributed by atoms with Crippen molar-refractivity contribution < 1.29 is 18.8 Å². The average Bonchev–Trinajstić information content (AvgIpc) is 2.08. The van der Waals surface area contributed by atoms with E-state index in [1.165, 1.54) is 0 Å². The Balaban J connectivity index is 3.39. The Bertz CT molecular complexity index is 386. The highest BCUT2D eigenvalue weighted by Crippen LogP contribution is 2.33. The van der Waals surface area contributed by atoms with Gasteiger partial charge in [-0.3, -0.25) is 10.1 Å². The first-order valence-electron chi connectivity index (χ1n) is 3.25. The second-order valence-electron chi connectivity index (χ2n) is 2.26. The number of hydrogen-bond acceptors (Lipinski definition) is 4. The lowest BCUT2D eigenvalue weighted by atomic mass is 10.3. The smallest absolute Gasteiger partial charge is 0.300 e. The second kappa shape index (κ2) is 3.82. The molecule has 14 heavy (non-hydrogen) atoms. The third-order valence-corrected chi connectivity index (χ3v) is 1.95. The maximum absolute atomic E-state index is 12.2. The zero-order valence-corrected chi connectivity index (χ0v) is 8.03. The van der Waals surface area contributed by atoms with Gasteiger partial charge < -0.3 is 5.11 Å². The Morgan fingerprint density at radius 3 is 2.64 bits per heavy atom.